The van der Waals surface area contributed by atoms with Gasteiger partial charge in [0.1, 0.15) is 5.75 Å². The molecule has 0 saturated carbocycles. The van der Waals surface area contributed by atoms with E-state index in [1.54, 1.807) is 7.11 Å². The van der Waals surface area contributed by atoms with Crippen molar-refractivity contribution in [3.8, 4) is 5.75 Å². The van der Waals surface area contributed by atoms with Gasteiger partial charge in [-0.15, -0.1) is 0 Å². The Bertz CT molecular complexity index is 442. The smallest absolute Gasteiger partial charge is 0.233 e. The Kier molecular flexibility index (Phi) is 5.83. The number of carbonyl (C=O) groups excluding carboxylic acids is 1. The first-order valence-corrected chi connectivity index (χ1v) is 6.63. The van der Waals surface area contributed by atoms with Gasteiger partial charge < -0.3 is 15.8 Å². The van der Waals surface area contributed by atoms with Crippen LogP contribution in [0, 0.1) is 6.92 Å². The van der Waals surface area contributed by atoms with Crippen molar-refractivity contribution in [2.24, 2.45) is 5.73 Å². The molecular formula is C15H24N2O2. The lowest BCUT2D eigenvalue weighted by Gasteiger charge is -2.16. The summed E-state index contributed by atoms with van der Waals surface area (Å²) in [6.45, 7) is 7.01. The van der Waals surface area contributed by atoms with Gasteiger partial charge in [-0.05, 0) is 42.0 Å². The van der Waals surface area contributed by atoms with Gasteiger partial charge in [0, 0.05) is 6.54 Å². The Hall–Kier alpha value is -1.55. The number of aryl methyl sites for hydroxylation is 1. The molecule has 0 spiro atoms. The molecule has 0 unspecified atom stereocenters. The van der Waals surface area contributed by atoms with Gasteiger partial charge in [0.05, 0.1) is 13.7 Å². The highest BCUT2D eigenvalue weighted by Gasteiger charge is 2.11. The van der Waals surface area contributed by atoms with Gasteiger partial charge in [-0.2, -0.15) is 0 Å². The minimum absolute atomic E-state index is 0.0405. The Morgan fingerprint density at radius 2 is 2.11 bits per heavy atom. The summed E-state index contributed by atoms with van der Waals surface area (Å²) in [6, 6.07) is 4.24. The van der Waals surface area contributed by atoms with E-state index in [4.69, 9.17) is 10.5 Å². The maximum Gasteiger partial charge on any atom is 0.233 e. The number of ether oxygens (including phenoxy) is 1. The van der Waals surface area contributed by atoms with E-state index in [9.17, 15) is 4.79 Å². The van der Waals surface area contributed by atoms with Crippen molar-refractivity contribution in [2.75, 3.05) is 20.2 Å². The Labute approximate surface area is 115 Å². The van der Waals surface area contributed by atoms with Crippen LogP contribution < -0.4 is 15.8 Å². The minimum atomic E-state index is -0.116. The summed E-state index contributed by atoms with van der Waals surface area (Å²) >= 11 is 0. The molecular weight excluding hydrogens is 240 g/mol. The molecule has 1 aromatic carbocycles. The van der Waals surface area contributed by atoms with Crippen LogP contribution in [0.3, 0.4) is 0 Å². The molecule has 0 aliphatic rings. The molecule has 4 nitrogen and oxygen atoms in total. The fourth-order valence-corrected chi connectivity index (χ4v) is 2.05. The third-order valence-corrected chi connectivity index (χ3v) is 3.21. The van der Waals surface area contributed by atoms with Crippen LogP contribution in [-0.2, 0) is 11.2 Å². The fourth-order valence-electron chi connectivity index (χ4n) is 2.05. The van der Waals surface area contributed by atoms with Gasteiger partial charge in [0.2, 0.25) is 5.91 Å². The van der Waals surface area contributed by atoms with Crippen molar-refractivity contribution >= 4 is 5.91 Å². The normalized spacial score (nSPS) is 10.6. The predicted octanol–water partition coefficient (Wildman–Crippen LogP) is 1.74. The molecule has 0 saturated heterocycles. The molecule has 19 heavy (non-hydrogen) atoms. The van der Waals surface area contributed by atoms with E-state index < -0.39 is 0 Å². The largest absolute Gasteiger partial charge is 0.496 e. The van der Waals surface area contributed by atoms with Crippen LogP contribution in [0.5, 0.6) is 5.75 Å². The molecule has 0 atom stereocenters. The molecule has 0 aliphatic heterocycles. The van der Waals surface area contributed by atoms with E-state index in [1.807, 2.05) is 0 Å². The molecule has 106 valence electrons. The topological polar surface area (TPSA) is 64.3 Å². The molecule has 1 rings (SSSR count). The molecule has 0 heterocycles. The van der Waals surface area contributed by atoms with Crippen molar-refractivity contribution in [2.45, 2.75) is 33.1 Å². The third-order valence-electron chi connectivity index (χ3n) is 3.21. The molecule has 0 aromatic heterocycles. The SMILES string of the molecule is COc1cc(C)c(CCNC(=O)CN)cc1C(C)C. The fraction of sp³-hybridized carbons (Fsp3) is 0.533. The highest BCUT2D eigenvalue weighted by molar-refractivity contribution is 5.77. The van der Waals surface area contributed by atoms with Crippen molar-refractivity contribution in [1.29, 1.82) is 0 Å². The zero-order chi connectivity index (χ0) is 14.4. The van der Waals surface area contributed by atoms with Gasteiger partial charge >= 0.3 is 0 Å². The van der Waals surface area contributed by atoms with Gasteiger partial charge in [-0.1, -0.05) is 19.9 Å². The van der Waals surface area contributed by atoms with Crippen LogP contribution in [0.4, 0.5) is 0 Å². The number of hydrogen-bond donors (Lipinski definition) is 2. The van der Waals surface area contributed by atoms with E-state index in [2.05, 4.69) is 38.2 Å². The van der Waals surface area contributed by atoms with E-state index in [1.165, 1.54) is 16.7 Å². The van der Waals surface area contributed by atoms with E-state index in [-0.39, 0.29) is 12.5 Å². The summed E-state index contributed by atoms with van der Waals surface area (Å²) in [5, 5.41) is 2.79. The van der Waals surface area contributed by atoms with Crippen LogP contribution in [0.2, 0.25) is 0 Å². The second-order valence-electron chi connectivity index (χ2n) is 4.98. The number of rotatable bonds is 6. The van der Waals surface area contributed by atoms with Gasteiger partial charge in [0.25, 0.3) is 0 Å². The standard InChI is InChI=1S/C15H24N2O2/c1-10(2)13-8-12(5-6-17-15(18)9-16)11(3)7-14(13)19-4/h7-8,10H,5-6,9,16H2,1-4H3,(H,17,18). The van der Waals surface area contributed by atoms with E-state index in [0.717, 1.165) is 12.2 Å². The average molecular weight is 264 g/mol. The van der Waals surface area contributed by atoms with Crippen molar-refractivity contribution < 1.29 is 9.53 Å². The summed E-state index contributed by atoms with van der Waals surface area (Å²) in [7, 11) is 1.70. The first-order chi connectivity index (χ1) is 8.99. The van der Waals surface area contributed by atoms with E-state index in [0.29, 0.717) is 12.5 Å². The highest BCUT2D eigenvalue weighted by Crippen LogP contribution is 2.29. The Balaban J connectivity index is 2.83. The maximum absolute atomic E-state index is 11.1. The number of nitrogens with one attached hydrogen (secondary N) is 1. The van der Waals surface area contributed by atoms with Crippen LogP contribution >= 0.6 is 0 Å². The second kappa shape index (κ2) is 7.14. The average Bonchev–Trinajstić information content (AvgIpc) is 2.39. The Morgan fingerprint density at radius 1 is 1.42 bits per heavy atom. The van der Waals surface area contributed by atoms with Crippen LogP contribution in [-0.4, -0.2) is 26.1 Å². The molecule has 0 fully saturated rings. The van der Waals surface area contributed by atoms with Crippen LogP contribution in [0.25, 0.3) is 0 Å². The molecule has 1 aromatic rings. The molecule has 0 aliphatic carbocycles. The van der Waals surface area contributed by atoms with Crippen molar-refractivity contribution in [3.05, 3.63) is 28.8 Å². The summed E-state index contributed by atoms with van der Waals surface area (Å²) in [5.74, 6) is 1.23. The Morgan fingerprint density at radius 3 is 2.63 bits per heavy atom. The van der Waals surface area contributed by atoms with Crippen molar-refractivity contribution in [3.63, 3.8) is 0 Å². The monoisotopic (exact) mass is 264 g/mol. The van der Waals surface area contributed by atoms with Gasteiger partial charge in [0.15, 0.2) is 0 Å². The second-order valence-corrected chi connectivity index (χ2v) is 4.98. The van der Waals surface area contributed by atoms with Crippen LogP contribution in [0.1, 0.15) is 36.5 Å². The molecule has 0 bridgehead atoms. The lowest BCUT2D eigenvalue weighted by atomic mass is 9.95. The number of carbonyl (C=O) groups is 1. The number of methoxy groups -OCH3 is 1. The first-order valence-electron chi connectivity index (χ1n) is 6.63. The van der Waals surface area contributed by atoms with E-state index >= 15 is 0 Å². The maximum atomic E-state index is 11.1. The summed E-state index contributed by atoms with van der Waals surface area (Å²) in [5.41, 5.74) is 8.88. The molecule has 3 N–H and O–H groups in total. The number of nitrogens with two attached hydrogens (primary N) is 1. The molecule has 1 amide bonds. The summed E-state index contributed by atoms with van der Waals surface area (Å²) in [6.07, 6.45) is 0.807. The third kappa shape index (κ3) is 4.24. The minimum Gasteiger partial charge on any atom is -0.496 e. The number of hydrogen-bond acceptors (Lipinski definition) is 3. The lowest BCUT2D eigenvalue weighted by Crippen LogP contribution is -2.31. The summed E-state index contributed by atoms with van der Waals surface area (Å²) in [4.78, 5) is 11.1. The molecule has 4 heteroatoms. The predicted molar refractivity (Wildman–Crippen MR) is 77.6 cm³/mol. The first kappa shape index (κ1) is 15.5. The lowest BCUT2D eigenvalue weighted by molar-refractivity contribution is -0.119. The zero-order valence-corrected chi connectivity index (χ0v) is 12.2. The van der Waals surface area contributed by atoms with Gasteiger partial charge in [-0.25, -0.2) is 0 Å². The highest BCUT2D eigenvalue weighted by atomic mass is 16.5. The number of benzene rings is 1. The molecule has 0 radical (unpaired) electrons. The quantitative estimate of drug-likeness (QED) is 0.822. The van der Waals surface area contributed by atoms with Crippen LogP contribution in [0.15, 0.2) is 12.1 Å². The van der Waals surface area contributed by atoms with Crippen molar-refractivity contribution in [1.82, 2.24) is 5.32 Å². The zero-order valence-electron chi connectivity index (χ0n) is 12.2. The number of amides is 1. The van der Waals surface area contributed by atoms with Gasteiger partial charge in [-0.3, -0.25) is 4.79 Å². The summed E-state index contributed by atoms with van der Waals surface area (Å²) < 4.78 is 5.42.